The second-order valence-corrected chi connectivity index (χ2v) is 8.76. The van der Waals surface area contributed by atoms with Crippen molar-refractivity contribution in [2.75, 3.05) is 16.8 Å². The Labute approximate surface area is 184 Å². The molecule has 1 aliphatic heterocycles. The zero-order valence-electron chi connectivity index (χ0n) is 18.3. The number of nitrogens with zero attached hydrogens (tertiary/aromatic N) is 1. The number of hydrogen-bond donors (Lipinski definition) is 1. The van der Waals surface area contributed by atoms with Gasteiger partial charge in [-0.05, 0) is 49.4 Å². The van der Waals surface area contributed by atoms with Crippen molar-refractivity contribution in [3.05, 3.63) is 54.1 Å². The Hall–Kier alpha value is -2.82. The van der Waals surface area contributed by atoms with E-state index in [1.54, 1.807) is 11.8 Å². The topological polar surface area (TPSA) is 58.6 Å². The molecule has 5 heteroatoms. The predicted octanol–water partition coefficient (Wildman–Crippen LogP) is 5.34. The summed E-state index contributed by atoms with van der Waals surface area (Å²) in [7, 11) is 0. The summed E-state index contributed by atoms with van der Waals surface area (Å²) >= 11 is 0. The fourth-order valence-corrected chi connectivity index (χ4v) is 4.64. The Morgan fingerprint density at radius 2 is 1.87 bits per heavy atom. The first kappa shape index (κ1) is 21.4. The molecule has 0 saturated heterocycles. The molecule has 2 aliphatic rings. The van der Waals surface area contributed by atoms with Gasteiger partial charge in [-0.3, -0.25) is 9.59 Å². The zero-order chi connectivity index (χ0) is 21.6. The summed E-state index contributed by atoms with van der Waals surface area (Å²) in [5.41, 5.74) is 2.62. The van der Waals surface area contributed by atoms with E-state index in [4.69, 9.17) is 4.74 Å². The van der Waals surface area contributed by atoms with Crippen LogP contribution in [0.5, 0.6) is 5.75 Å². The fourth-order valence-electron chi connectivity index (χ4n) is 4.64. The molecule has 1 atom stereocenters. The van der Waals surface area contributed by atoms with Crippen LogP contribution < -0.4 is 15.0 Å². The average molecular weight is 421 g/mol. The maximum Gasteiger partial charge on any atom is 0.267 e. The summed E-state index contributed by atoms with van der Waals surface area (Å²) in [5, 5.41) is 3.02. The lowest BCUT2D eigenvalue weighted by molar-refractivity contribution is -0.125. The lowest BCUT2D eigenvalue weighted by Gasteiger charge is -2.33. The molecule has 1 aliphatic carbocycles. The van der Waals surface area contributed by atoms with Crippen LogP contribution >= 0.6 is 0 Å². The van der Waals surface area contributed by atoms with Crippen molar-refractivity contribution < 1.29 is 14.3 Å². The molecule has 1 N–H and O–H groups in total. The van der Waals surface area contributed by atoms with Gasteiger partial charge in [0.2, 0.25) is 5.91 Å². The number of carbonyl (C=O) groups excluding carboxylic acids is 2. The molecule has 164 valence electrons. The minimum atomic E-state index is -0.515. The lowest BCUT2D eigenvalue weighted by Crippen LogP contribution is -2.45. The second kappa shape index (κ2) is 9.99. The molecular formula is C26H32N2O3. The van der Waals surface area contributed by atoms with Crippen LogP contribution in [0, 0.1) is 5.92 Å². The van der Waals surface area contributed by atoms with Gasteiger partial charge in [0.05, 0.1) is 5.69 Å². The first-order valence-electron chi connectivity index (χ1n) is 11.6. The van der Waals surface area contributed by atoms with E-state index in [1.165, 1.54) is 37.7 Å². The maximum absolute atomic E-state index is 12.8. The van der Waals surface area contributed by atoms with Gasteiger partial charge in [0, 0.05) is 18.7 Å². The number of rotatable bonds is 7. The summed E-state index contributed by atoms with van der Waals surface area (Å²) in [6, 6.07) is 15.7. The van der Waals surface area contributed by atoms with Gasteiger partial charge in [-0.25, -0.2) is 0 Å². The van der Waals surface area contributed by atoms with Gasteiger partial charge >= 0.3 is 0 Å². The summed E-state index contributed by atoms with van der Waals surface area (Å²) in [4.78, 5) is 27.1. The molecule has 0 spiro atoms. The van der Waals surface area contributed by atoms with Gasteiger partial charge in [-0.15, -0.1) is 0 Å². The molecule has 1 saturated carbocycles. The molecule has 4 rings (SSSR count). The van der Waals surface area contributed by atoms with Crippen LogP contribution in [0.1, 0.15) is 57.4 Å². The van der Waals surface area contributed by atoms with Crippen LogP contribution in [0.4, 0.5) is 11.4 Å². The van der Waals surface area contributed by atoms with E-state index in [2.05, 4.69) is 17.4 Å². The molecule has 2 amide bonds. The number of anilines is 2. The lowest BCUT2D eigenvalue weighted by atomic mass is 9.86. The van der Waals surface area contributed by atoms with E-state index in [1.807, 2.05) is 36.4 Å². The normalized spacial score (nSPS) is 18.9. The van der Waals surface area contributed by atoms with Crippen LogP contribution in [-0.2, 0) is 16.0 Å². The van der Waals surface area contributed by atoms with E-state index < -0.39 is 6.10 Å². The number of hydrogen-bond acceptors (Lipinski definition) is 3. The third kappa shape index (κ3) is 5.46. The van der Waals surface area contributed by atoms with Crippen molar-refractivity contribution in [1.29, 1.82) is 0 Å². The molecule has 5 nitrogen and oxygen atoms in total. The first-order chi connectivity index (χ1) is 15.1. The van der Waals surface area contributed by atoms with E-state index in [9.17, 15) is 9.59 Å². The maximum atomic E-state index is 12.8. The van der Waals surface area contributed by atoms with E-state index in [0.717, 1.165) is 18.5 Å². The molecule has 0 radical (unpaired) electrons. The third-order valence-corrected chi connectivity index (χ3v) is 6.42. The minimum absolute atomic E-state index is 0.0396. The molecule has 2 aromatic carbocycles. The standard InChI is InChI=1S/C26H32N2O3/c1-19-26(30)28(17-16-21-10-6-3-7-11-21)23-18-22(13-14-24(23)31-19)27-25(29)15-12-20-8-4-2-5-9-20/h3,6-7,10-11,13-14,18-20H,2,4-5,8-9,12,15-17H2,1H3,(H,27,29). The number of fused-ring (bicyclic) bond motifs is 1. The highest BCUT2D eigenvalue weighted by molar-refractivity contribution is 6.01. The monoisotopic (exact) mass is 420 g/mol. The van der Waals surface area contributed by atoms with Crippen LogP contribution in [0.2, 0.25) is 0 Å². The van der Waals surface area contributed by atoms with Crippen molar-refractivity contribution in [3.8, 4) is 5.75 Å². The predicted molar refractivity (Wildman–Crippen MR) is 123 cm³/mol. The summed E-state index contributed by atoms with van der Waals surface area (Å²) < 4.78 is 5.81. The average Bonchev–Trinajstić information content (AvgIpc) is 2.80. The van der Waals surface area contributed by atoms with Gasteiger partial charge in [0.25, 0.3) is 5.91 Å². The number of nitrogens with one attached hydrogen (secondary N) is 1. The van der Waals surface area contributed by atoms with Crippen LogP contribution in [-0.4, -0.2) is 24.5 Å². The molecule has 0 bridgehead atoms. The van der Waals surface area contributed by atoms with E-state index >= 15 is 0 Å². The van der Waals surface area contributed by atoms with Crippen molar-refractivity contribution >= 4 is 23.2 Å². The smallest absolute Gasteiger partial charge is 0.267 e. The third-order valence-electron chi connectivity index (χ3n) is 6.42. The van der Waals surface area contributed by atoms with E-state index in [0.29, 0.717) is 30.3 Å². The number of carbonyl (C=O) groups is 2. The summed E-state index contributed by atoms with van der Waals surface area (Å²) in [6.45, 7) is 2.35. The molecule has 1 unspecified atom stereocenters. The quantitative estimate of drug-likeness (QED) is 0.657. The highest BCUT2D eigenvalue weighted by Gasteiger charge is 2.31. The Morgan fingerprint density at radius 1 is 1.10 bits per heavy atom. The van der Waals surface area contributed by atoms with Crippen molar-refractivity contribution in [3.63, 3.8) is 0 Å². The minimum Gasteiger partial charge on any atom is -0.479 e. The van der Waals surface area contributed by atoms with E-state index in [-0.39, 0.29) is 11.8 Å². The first-order valence-corrected chi connectivity index (χ1v) is 11.6. The second-order valence-electron chi connectivity index (χ2n) is 8.76. The zero-order valence-corrected chi connectivity index (χ0v) is 18.3. The van der Waals surface area contributed by atoms with Gasteiger partial charge < -0.3 is 15.0 Å². The SMILES string of the molecule is CC1Oc2ccc(NC(=O)CCC3CCCCC3)cc2N(CCc2ccccc2)C1=O. The largest absolute Gasteiger partial charge is 0.479 e. The van der Waals surface area contributed by atoms with Crippen LogP contribution in [0.25, 0.3) is 0 Å². The molecule has 0 aromatic heterocycles. The molecule has 1 heterocycles. The Morgan fingerprint density at radius 3 is 2.65 bits per heavy atom. The summed E-state index contributed by atoms with van der Waals surface area (Å²) in [5.74, 6) is 1.35. The molecule has 31 heavy (non-hydrogen) atoms. The van der Waals surface area contributed by atoms with Crippen LogP contribution in [0.3, 0.4) is 0 Å². The van der Waals surface area contributed by atoms with Crippen molar-refractivity contribution in [2.24, 2.45) is 5.92 Å². The summed E-state index contributed by atoms with van der Waals surface area (Å²) in [6.07, 6.45) is 8.17. The van der Waals surface area contributed by atoms with Crippen LogP contribution in [0.15, 0.2) is 48.5 Å². The van der Waals surface area contributed by atoms with Crippen molar-refractivity contribution in [1.82, 2.24) is 0 Å². The Bertz CT molecular complexity index is 906. The highest BCUT2D eigenvalue weighted by atomic mass is 16.5. The number of ether oxygens (including phenoxy) is 1. The number of benzene rings is 2. The number of amides is 2. The Kier molecular flexibility index (Phi) is 6.90. The van der Waals surface area contributed by atoms with Gasteiger partial charge in [0.15, 0.2) is 6.10 Å². The fraction of sp³-hybridized carbons (Fsp3) is 0.462. The van der Waals surface area contributed by atoms with Gasteiger partial charge in [-0.1, -0.05) is 62.4 Å². The van der Waals surface area contributed by atoms with Gasteiger partial charge in [-0.2, -0.15) is 0 Å². The molecule has 1 fully saturated rings. The van der Waals surface area contributed by atoms with Crippen molar-refractivity contribution in [2.45, 2.75) is 64.4 Å². The highest BCUT2D eigenvalue weighted by Crippen LogP contribution is 2.36. The molecular weight excluding hydrogens is 388 g/mol. The van der Waals surface area contributed by atoms with Gasteiger partial charge in [0.1, 0.15) is 5.75 Å². The Balaban J connectivity index is 1.42. The molecule has 2 aromatic rings.